The number of amides is 1. The Bertz CT molecular complexity index is 634. The summed E-state index contributed by atoms with van der Waals surface area (Å²) in [5.41, 5.74) is 0.666. The van der Waals surface area contributed by atoms with Crippen LogP contribution < -0.4 is 0 Å². The van der Waals surface area contributed by atoms with Crippen molar-refractivity contribution in [2.75, 3.05) is 33.0 Å². The molecule has 25 heavy (non-hydrogen) atoms. The van der Waals surface area contributed by atoms with E-state index >= 15 is 0 Å². The molecule has 2 N–H and O–H groups in total. The molecule has 0 radical (unpaired) electrons. The molecule has 0 saturated carbocycles. The van der Waals surface area contributed by atoms with E-state index in [2.05, 4.69) is 17.1 Å². The maximum Gasteiger partial charge on any atom is 0.274 e. The van der Waals surface area contributed by atoms with Gasteiger partial charge in [0.25, 0.3) is 5.91 Å². The molecule has 3 saturated heterocycles. The molecular weight excluding hydrogens is 322 g/mol. The zero-order valence-corrected chi connectivity index (χ0v) is 14.7. The van der Waals surface area contributed by atoms with Crippen molar-refractivity contribution in [1.82, 2.24) is 15.1 Å². The molecular formula is C18H27N3O4. The Labute approximate surface area is 147 Å². The molecule has 3 aliphatic rings. The number of aliphatic hydroxyl groups is 1. The fraction of sp³-hybridized carbons (Fsp3) is 0.778. The van der Waals surface area contributed by atoms with Crippen LogP contribution in [0.1, 0.15) is 42.4 Å². The first-order valence-electron chi connectivity index (χ1n) is 9.36. The lowest BCUT2D eigenvalue weighted by Crippen LogP contribution is -2.68. The Kier molecular flexibility index (Phi) is 4.56. The highest BCUT2D eigenvalue weighted by atomic mass is 16.5. The third-order valence-electron chi connectivity index (χ3n) is 6.08. The Hall–Kier alpha value is -1.44. The second kappa shape index (κ2) is 6.70. The van der Waals surface area contributed by atoms with Crippen LogP contribution in [0.3, 0.4) is 0 Å². The molecule has 4 heterocycles. The van der Waals surface area contributed by atoms with E-state index in [1.54, 1.807) is 0 Å². The quantitative estimate of drug-likeness (QED) is 0.850. The van der Waals surface area contributed by atoms with Crippen molar-refractivity contribution in [3.63, 3.8) is 0 Å². The molecule has 0 unspecified atom stereocenters. The van der Waals surface area contributed by atoms with Gasteiger partial charge in [-0.15, -0.1) is 0 Å². The third kappa shape index (κ3) is 2.88. The number of carbonyl (C=O) groups excluding carboxylic acids is 1. The number of carbonyl (C=O) groups is 1. The second-order valence-electron chi connectivity index (χ2n) is 7.54. The van der Waals surface area contributed by atoms with Gasteiger partial charge in [-0.2, -0.15) is 5.10 Å². The van der Waals surface area contributed by atoms with Gasteiger partial charge in [-0.25, -0.2) is 0 Å². The second-order valence-corrected chi connectivity index (χ2v) is 7.54. The number of hydrogen-bond donors (Lipinski definition) is 2. The number of hydrogen-bond acceptors (Lipinski definition) is 5. The summed E-state index contributed by atoms with van der Waals surface area (Å²) in [6.07, 6.45) is 3.27. The van der Waals surface area contributed by atoms with E-state index in [9.17, 15) is 9.90 Å². The standard InChI is InChI=1S/C18H27N3O4/c1-2-3-13-8-15(20-19-13)17(22)21-9-12-10-25-7-5-18(12,23)14-11-24-6-4-16(14)21/h8,12,14,16,23H,2-7,9-11H2,1H3,(H,19,20)/t12-,14+,16-,18-/m1/s1. The molecule has 1 amide bonds. The Morgan fingerprint density at radius 3 is 3.12 bits per heavy atom. The average Bonchev–Trinajstić information content (AvgIpc) is 3.10. The minimum absolute atomic E-state index is 0.00641. The number of aryl methyl sites for hydroxylation is 1. The molecule has 4 atom stereocenters. The van der Waals surface area contributed by atoms with Crippen LogP contribution in [-0.2, 0) is 15.9 Å². The summed E-state index contributed by atoms with van der Waals surface area (Å²) >= 11 is 0. The molecule has 1 aromatic rings. The number of aromatic amines is 1. The number of likely N-dealkylation sites (tertiary alicyclic amines) is 1. The smallest absolute Gasteiger partial charge is 0.274 e. The van der Waals surface area contributed by atoms with E-state index in [1.807, 2.05) is 11.0 Å². The van der Waals surface area contributed by atoms with E-state index in [4.69, 9.17) is 9.47 Å². The lowest BCUT2D eigenvalue weighted by molar-refractivity contribution is -0.212. The molecule has 4 rings (SSSR count). The summed E-state index contributed by atoms with van der Waals surface area (Å²) in [4.78, 5) is 15.0. The van der Waals surface area contributed by atoms with E-state index in [-0.39, 0.29) is 23.8 Å². The van der Waals surface area contributed by atoms with Crippen LogP contribution in [0.5, 0.6) is 0 Å². The number of nitrogens with zero attached hydrogens (tertiary/aromatic N) is 2. The Balaban J connectivity index is 1.60. The van der Waals surface area contributed by atoms with Gasteiger partial charge in [0.15, 0.2) is 0 Å². The van der Waals surface area contributed by atoms with Crippen molar-refractivity contribution in [3.8, 4) is 0 Å². The third-order valence-corrected chi connectivity index (χ3v) is 6.08. The van der Waals surface area contributed by atoms with Gasteiger partial charge in [-0.05, 0) is 18.9 Å². The van der Waals surface area contributed by atoms with Crippen molar-refractivity contribution >= 4 is 5.91 Å². The summed E-state index contributed by atoms with van der Waals surface area (Å²) in [6.45, 7) is 4.82. The maximum absolute atomic E-state index is 13.1. The largest absolute Gasteiger partial charge is 0.389 e. The average molecular weight is 349 g/mol. The highest BCUT2D eigenvalue weighted by Crippen LogP contribution is 2.44. The Morgan fingerprint density at radius 2 is 2.28 bits per heavy atom. The monoisotopic (exact) mass is 349 g/mol. The van der Waals surface area contributed by atoms with Gasteiger partial charge in [0, 0.05) is 49.8 Å². The number of piperidine rings is 1. The molecule has 7 nitrogen and oxygen atoms in total. The first kappa shape index (κ1) is 17.0. The molecule has 3 aliphatic heterocycles. The van der Waals surface area contributed by atoms with E-state index in [0.717, 1.165) is 25.0 Å². The molecule has 138 valence electrons. The van der Waals surface area contributed by atoms with Gasteiger partial charge in [0.05, 0.1) is 18.8 Å². The summed E-state index contributed by atoms with van der Waals surface area (Å²) in [6, 6.07) is 1.87. The zero-order chi connectivity index (χ0) is 17.4. The lowest BCUT2D eigenvalue weighted by Gasteiger charge is -2.57. The van der Waals surface area contributed by atoms with Gasteiger partial charge in [-0.3, -0.25) is 9.89 Å². The number of rotatable bonds is 3. The maximum atomic E-state index is 13.1. The van der Waals surface area contributed by atoms with Crippen molar-refractivity contribution in [1.29, 1.82) is 0 Å². The fourth-order valence-corrected chi connectivity index (χ4v) is 4.71. The highest BCUT2D eigenvalue weighted by Gasteiger charge is 2.56. The normalized spacial score (nSPS) is 35.1. The van der Waals surface area contributed by atoms with Crippen LogP contribution in [0.2, 0.25) is 0 Å². The topological polar surface area (TPSA) is 87.7 Å². The SMILES string of the molecule is CCCc1cc(C(=O)N2C[C@@H]3COCC[C@]3(O)[C@H]3COCC[C@H]32)n[nH]1. The fourth-order valence-electron chi connectivity index (χ4n) is 4.71. The number of aromatic nitrogens is 2. The summed E-state index contributed by atoms with van der Waals surface area (Å²) in [5, 5.41) is 18.5. The summed E-state index contributed by atoms with van der Waals surface area (Å²) in [7, 11) is 0. The van der Waals surface area contributed by atoms with Crippen molar-refractivity contribution in [2.24, 2.45) is 11.8 Å². The van der Waals surface area contributed by atoms with Crippen LogP contribution in [0.15, 0.2) is 6.07 Å². The zero-order valence-electron chi connectivity index (χ0n) is 14.7. The molecule has 7 heteroatoms. The molecule has 0 bridgehead atoms. The van der Waals surface area contributed by atoms with Gasteiger partial charge in [0.1, 0.15) is 5.69 Å². The van der Waals surface area contributed by atoms with Gasteiger partial charge in [0.2, 0.25) is 0 Å². The van der Waals surface area contributed by atoms with Gasteiger partial charge in [-0.1, -0.05) is 13.3 Å². The first-order chi connectivity index (χ1) is 12.1. The predicted octanol–water partition coefficient (Wildman–Crippen LogP) is 0.991. The number of H-pyrrole nitrogens is 1. The molecule has 3 fully saturated rings. The van der Waals surface area contributed by atoms with Gasteiger partial charge < -0.3 is 19.5 Å². The summed E-state index contributed by atoms with van der Waals surface area (Å²) in [5.74, 6) is -0.174. The van der Waals surface area contributed by atoms with Crippen molar-refractivity contribution < 1.29 is 19.4 Å². The summed E-state index contributed by atoms with van der Waals surface area (Å²) < 4.78 is 11.3. The van der Waals surface area contributed by atoms with Crippen LogP contribution in [-0.4, -0.2) is 70.7 Å². The molecule has 0 aromatic carbocycles. The highest BCUT2D eigenvalue weighted by molar-refractivity contribution is 5.92. The predicted molar refractivity (Wildman–Crippen MR) is 90.2 cm³/mol. The van der Waals surface area contributed by atoms with E-state index < -0.39 is 5.60 Å². The van der Waals surface area contributed by atoms with Crippen molar-refractivity contribution in [3.05, 3.63) is 17.5 Å². The number of nitrogens with one attached hydrogen (secondary N) is 1. The lowest BCUT2D eigenvalue weighted by atomic mass is 9.66. The minimum Gasteiger partial charge on any atom is -0.389 e. The number of ether oxygens (including phenoxy) is 2. The Morgan fingerprint density at radius 1 is 1.44 bits per heavy atom. The van der Waals surface area contributed by atoms with Crippen molar-refractivity contribution in [2.45, 2.75) is 44.2 Å². The van der Waals surface area contributed by atoms with Crippen LogP contribution >= 0.6 is 0 Å². The molecule has 0 aliphatic carbocycles. The van der Waals surface area contributed by atoms with Crippen LogP contribution in [0.4, 0.5) is 0 Å². The van der Waals surface area contributed by atoms with Crippen LogP contribution in [0.25, 0.3) is 0 Å². The van der Waals surface area contributed by atoms with Gasteiger partial charge >= 0.3 is 0 Å². The van der Waals surface area contributed by atoms with E-state index in [1.165, 1.54) is 0 Å². The minimum atomic E-state index is -0.793. The first-order valence-corrected chi connectivity index (χ1v) is 9.36. The molecule has 1 aromatic heterocycles. The van der Waals surface area contributed by atoms with E-state index in [0.29, 0.717) is 45.1 Å². The molecule has 0 spiro atoms. The van der Waals surface area contributed by atoms with Crippen LogP contribution in [0, 0.1) is 11.8 Å². The number of fused-ring (bicyclic) bond motifs is 3.